The summed E-state index contributed by atoms with van der Waals surface area (Å²) in [5, 5.41) is 0.823. The van der Waals surface area contributed by atoms with Crippen molar-refractivity contribution in [3.05, 3.63) is 40.9 Å². The molecular weight excluding hydrogens is 334 g/mol. The molecule has 4 nitrogen and oxygen atoms in total. The van der Waals surface area contributed by atoms with Crippen LogP contribution in [0, 0.1) is 0 Å². The van der Waals surface area contributed by atoms with E-state index in [4.69, 9.17) is 11.6 Å². The number of nitrogens with zero attached hydrogens (tertiary/aromatic N) is 3. The summed E-state index contributed by atoms with van der Waals surface area (Å²) in [6, 6.07) is 10.1. The van der Waals surface area contributed by atoms with E-state index in [1.165, 1.54) is 25.9 Å². The van der Waals surface area contributed by atoms with Crippen molar-refractivity contribution in [2.24, 2.45) is 0 Å². The van der Waals surface area contributed by atoms with Crippen LogP contribution >= 0.6 is 11.6 Å². The minimum Gasteiger partial charge on any atom is -0.340 e. The van der Waals surface area contributed by atoms with Gasteiger partial charge in [0, 0.05) is 50.7 Å². The van der Waals surface area contributed by atoms with Crippen molar-refractivity contribution in [3.8, 4) is 0 Å². The van der Waals surface area contributed by atoms with Crippen molar-refractivity contribution >= 4 is 23.6 Å². The molecule has 3 rings (SSSR count). The Kier molecular flexibility index (Phi) is 6.91. The van der Waals surface area contributed by atoms with Crippen LogP contribution in [0.15, 0.2) is 35.4 Å². The summed E-state index contributed by atoms with van der Waals surface area (Å²) in [6.07, 6.45) is 5.21. The third-order valence-corrected chi connectivity index (χ3v) is 5.29. The van der Waals surface area contributed by atoms with Gasteiger partial charge in [-0.3, -0.25) is 9.69 Å². The Morgan fingerprint density at radius 2 is 1.72 bits per heavy atom. The summed E-state index contributed by atoms with van der Waals surface area (Å²) in [4.78, 5) is 19.2. The Morgan fingerprint density at radius 3 is 2.48 bits per heavy atom. The van der Waals surface area contributed by atoms with Crippen molar-refractivity contribution < 1.29 is 4.79 Å². The van der Waals surface area contributed by atoms with Gasteiger partial charge in [0.25, 0.3) is 0 Å². The van der Waals surface area contributed by atoms with Gasteiger partial charge in [0.2, 0.25) is 5.91 Å². The second kappa shape index (κ2) is 9.37. The molecule has 2 aliphatic rings. The third-order valence-electron chi connectivity index (χ3n) is 5.06. The lowest BCUT2D eigenvalue weighted by Crippen LogP contribution is -2.39. The summed E-state index contributed by atoms with van der Waals surface area (Å²) >= 11 is 6.44. The number of benzene rings is 1. The topological polar surface area (TPSA) is 26.8 Å². The molecule has 136 valence electrons. The Morgan fingerprint density at radius 1 is 0.960 bits per heavy atom. The lowest BCUT2D eigenvalue weighted by Gasteiger charge is -2.24. The number of hydrogen-bond acceptors (Lipinski definition) is 3. The highest BCUT2D eigenvalue weighted by Gasteiger charge is 2.22. The first-order valence-corrected chi connectivity index (χ1v) is 9.72. The van der Waals surface area contributed by atoms with Crippen LogP contribution in [0.4, 0.5) is 0 Å². The molecule has 0 radical (unpaired) electrons. The normalized spacial score (nSPS) is 20.9. The van der Waals surface area contributed by atoms with E-state index in [9.17, 15) is 4.79 Å². The molecule has 1 aromatic rings. The summed E-state index contributed by atoms with van der Waals surface area (Å²) < 4.78 is 0. The molecule has 1 amide bonds. The highest BCUT2D eigenvalue weighted by atomic mass is 35.5. The SMILES string of the molecule is O=C1CCN(CC(Cl)=Cc2ccccc2)CCN1CCN1CCCC1. The van der Waals surface area contributed by atoms with Crippen LogP contribution < -0.4 is 0 Å². The van der Waals surface area contributed by atoms with E-state index in [0.29, 0.717) is 13.0 Å². The fraction of sp³-hybridized carbons (Fsp3) is 0.550. The Balaban J connectivity index is 1.48. The zero-order chi connectivity index (χ0) is 17.5. The fourth-order valence-electron chi connectivity index (χ4n) is 3.56. The third kappa shape index (κ3) is 5.84. The van der Waals surface area contributed by atoms with Crippen LogP contribution in [0.25, 0.3) is 6.08 Å². The van der Waals surface area contributed by atoms with Crippen LogP contribution in [-0.4, -0.2) is 73.0 Å². The fourth-order valence-corrected chi connectivity index (χ4v) is 3.86. The number of halogens is 1. The molecule has 25 heavy (non-hydrogen) atoms. The van der Waals surface area contributed by atoms with Crippen molar-refractivity contribution in [1.29, 1.82) is 0 Å². The molecule has 1 aromatic carbocycles. The molecule has 0 spiro atoms. The highest BCUT2D eigenvalue weighted by Crippen LogP contribution is 2.14. The molecule has 0 saturated carbocycles. The molecule has 2 saturated heterocycles. The van der Waals surface area contributed by atoms with Crippen LogP contribution in [-0.2, 0) is 4.79 Å². The molecule has 0 unspecified atom stereocenters. The average molecular weight is 362 g/mol. The van der Waals surface area contributed by atoms with Gasteiger partial charge in [0.1, 0.15) is 0 Å². The van der Waals surface area contributed by atoms with Gasteiger partial charge in [-0.1, -0.05) is 41.9 Å². The number of amides is 1. The van der Waals surface area contributed by atoms with Crippen LogP contribution in [0.2, 0.25) is 0 Å². The van der Waals surface area contributed by atoms with Crippen molar-refractivity contribution in [2.45, 2.75) is 19.3 Å². The van der Waals surface area contributed by atoms with E-state index in [1.54, 1.807) is 0 Å². The van der Waals surface area contributed by atoms with Gasteiger partial charge in [-0.2, -0.15) is 0 Å². The number of rotatable bonds is 6. The molecule has 5 heteroatoms. The van der Waals surface area contributed by atoms with Gasteiger partial charge in [-0.05, 0) is 37.6 Å². The van der Waals surface area contributed by atoms with E-state index in [0.717, 1.165) is 43.3 Å². The summed E-state index contributed by atoms with van der Waals surface area (Å²) in [7, 11) is 0. The van der Waals surface area contributed by atoms with E-state index in [-0.39, 0.29) is 5.91 Å². The lowest BCUT2D eigenvalue weighted by atomic mass is 10.2. The molecule has 2 fully saturated rings. The van der Waals surface area contributed by atoms with Gasteiger partial charge in [-0.25, -0.2) is 0 Å². The number of carbonyl (C=O) groups excluding carboxylic acids is 1. The maximum Gasteiger partial charge on any atom is 0.223 e. The first-order valence-electron chi connectivity index (χ1n) is 9.34. The standard InChI is InChI=1S/C20H28ClN3O/c21-19(16-18-6-2-1-3-7-18)17-23-11-8-20(25)24(15-13-23)14-12-22-9-4-5-10-22/h1-3,6-7,16H,4-5,8-15,17H2. The molecule has 0 bridgehead atoms. The minimum atomic E-state index is 0.282. The summed E-state index contributed by atoms with van der Waals surface area (Å²) in [5.41, 5.74) is 1.12. The van der Waals surface area contributed by atoms with Crippen LogP contribution in [0.5, 0.6) is 0 Å². The first kappa shape index (κ1) is 18.4. The monoisotopic (exact) mass is 361 g/mol. The van der Waals surface area contributed by atoms with Gasteiger partial charge in [0.15, 0.2) is 0 Å². The number of carbonyl (C=O) groups is 1. The van der Waals surface area contributed by atoms with E-state index in [1.807, 2.05) is 29.2 Å². The second-order valence-electron chi connectivity index (χ2n) is 6.96. The Hall–Kier alpha value is -1.36. The van der Waals surface area contributed by atoms with Gasteiger partial charge in [-0.15, -0.1) is 0 Å². The van der Waals surface area contributed by atoms with Crippen molar-refractivity contribution in [2.75, 3.05) is 52.4 Å². The number of likely N-dealkylation sites (tertiary alicyclic amines) is 1. The zero-order valence-corrected chi connectivity index (χ0v) is 15.6. The molecule has 2 aliphatic heterocycles. The van der Waals surface area contributed by atoms with E-state index < -0.39 is 0 Å². The summed E-state index contributed by atoms with van der Waals surface area (Å²) in [5.74, 6) is 0.282. The molecular formula is C20H28ClN3O. The molecule has 0 aliphatic carbocycles. The van der Waals surface area contributed by atoms with Gasteiger partial charge in [0.05, 0.1) is 0 Å². The first-order chi connectivity index (χ1) is 12.2. The van der Waals surface area contributed by atoms with E-state index in [2.05, 4.69) is 21.9 Å². The average Bonchev–Trinajstić information content (AvgIpc) is 3.07. The Bertz CT molecular complexity index is 584. The zero-order valence-electron chi connectivity index (χ0n) is 14.9. The Labute approximate surface area is 156 Å². The van der Waals surface area contributed by atoms with E-state index >= 15 is 0 Å². The second-order valence-corrected chi connectivity index (χ2v) is 7.44. The van der Waals surface area contributed by atoms with Crippen LogP contribution in [0.3, 0.4) is 0 Å². The molecule has 2 heterocycles. The molecule has 0 N–H and O–H groups in total. The largest absolute Gasteiger partial charge is 0.340 e. The predicted octanol–water partition coefficient (Wildman–Crippen LogP) is 2.90. The number of hydrogen-bond donors (Lipinski definition) is 0. The molecule has 0 atom stereocenters. The lowest BCUT2D eigenvalue weighted by molar-refractivity contribution is -0.130. The van der Waals surface area contributed by atoms with Crippen molar-refractivity contribution in [3.63, 3.8) is 0 Å². The molecule has 0 aromatic heterocycles. The quantitative estimate of drug-likeness (QED) is 0.779. The van der Waals surface area contributed by atoms with Gasteiger partial charge < -0.3 is 9.80 Å². The maximum atomic E-state index is 12.4. The smallest absolute Gasteiger partial charge is 0.223 e. The van der Waals surface area contributed by atoms with Crippen LogP contribution in [0.1, 0.15) is 24.8 Å². The van der Waals surface area contributed by atoms with Gasteiger partial charge >= 0.3 is 0 Å². The highest BCUT2D eigenvalue weighted by molar-refractivity contribution is 6.31. The minimum absolute atomic E-state index is 0.282. The summed E-state index contributed by atoms with van der Waals surface area (Å²) in [6.45, 7) is 7.46. The maximum absolute atomic E-state index is 12.4. The van der Waals surface area contributed by atoms with Crippen molar-refractivity contribution in [1.82, 2.24) is 14.7 Å². The predicted molar refractivity (Wildman–Crippen MR) is 104 cm³/mol.